The monoisotopic (exact) mass is 313 g/mol. The van der Waals surface area contributed by atoms with E-state index >= 15 is 0 Å². The van der Waals surface area contributed by atoms with Gasteiger partial charge in [-0.15, -0.1) is 11.3 Å². The van der Waals surface area contributed by atoms with E-state index < -0.39 is 0 Å². The van der Waals surface area contributed by atoms with Crippen LogP contribution in [0.25, 0.3) is 0 Å². The Hall–Kier alpha value is -0.870. The minimum absolute atomic E-state index is 0.165. The predicted octanol–water partition coefficient (Wildman–Crippen LogP) is 5.13. The molecule has 0 fully saturated rings. The fourth-order valence-electron chi connectivity index (χ4n) is 1.62. The zero-order chi connectivity index (χ0) is 12.4. The van der Waals surface area contributed by atoms with Gasteiger partial charge in [-0.3, -0.25) is 0 Å². The second kappa shape index (κ2) is 5.19. The molecule has 2 rings (SSSR count). The van der Waals surface area contributed by atoms with E-state index in [9.17, 15) is 4.39 Å². The molecule has 1 aromatic heterocycles. The summed E-state index contributed by atoms with van der Waals surface area (Å²) in [4.78, 5) is 1.25. The summed E-state index contributed by atoms with van der Waals surface area (Å²) in [7, 11) is 0. The van der Waals surface area contributed by atoms with Gasteiger partial charge in [-0.25, -0.2) is 4.39 Å². The molecule has 1 aromatic carbocycles. The summed E-state index contributed by atoms with van der Waals surface area (Å²) < 4.78 is 14.3. The van der Waals surface area contributed by atoms with Gasteiger partial charge in [-0.2, -0.15) is 0 Å². The highest BCUT2D eigenvalue weighted by molar-refractivity contribution is 9.11. The van der Waals surface area contributed by atoms with Gasteiger partial charge in [-0.05, 0) is 65.7 Å². The molecule has 0 saturated heterocycles. The van der Waals surface area contributed by atoms with Gasteiger partial charge in [0.2, 0.25) is 0 Å². The highest BCUT2D eigenvalue weighted by Crippen LogP contribution is 2.29. The summed E-state index contributed by atoms with van der Waals surface area (Å²) in [6, 6.07) is 9.43. The lowest BCUT2D eigenvalue weighted by molar-refractivity contribution is 0.618. The Morgan fingerprint density at radius 1 is 1.29 bits per heavy atom. The van der Waals surface area contributed by atoms with Crippen LogP contribution in [0.2, 0.25) is 0 Å². The molecule has 0 spiro atoms. The average Bonchev–Trinajstić information content (AvgIpc) is 2.70. The van der Waals surface area contributed by atoms with Crippen LogP contribution in [-0.4, -0.2) is 0 Å². The van der Waals surface area contributed by atoms with Crippen LogP contribution in [0.4, 0.5) is 10.1 Å². The molecule has 1 atom stereocenters. The van der Waals surface area contributed by atoms with Crippen LogP contribution in [0.1, 0.15) is 23.4 Å². The third-order valence-electron chi connectivity index (χ3n) is 2.56. The fraction of sp³-hybridized carbons (Fsp3) is 0.231. The van der Waals surface area contributed by atoms with Crippen molar-refractivity contribution in [1.29, 1.82) is 0 Å². The van der Waals surface area contributed by atoms with Crippen molar-refractivity contribution in [2.75, 3.05) is 5.32 Å². The summed E-state index contributed by atoms with van der Waals surface area (Å²) in [5.41, 5.74) is 1.61. The van der Waals surface area contributed by atoms with Crippen molar-refractivity contribution >= 4 is 33.0 Å². The highest BCUT2D eigenvalue weighted by atomic mass is 79.9. The molecular formula is C13H13BrFNS. The number of halogens is 2. The summed E-state index contributed by atoms with van der Waals surface area (Å²) in [5.74, 6) is -0.165. The molecule has 17 heavy (non-hydrogen) atoms. The Morgan fingerprint density at radius 3 is 2.65 bits per heavy atom. The van der Waals surface area contributed by atoms with E-state index in [2.05, 4.69) is 34.2 Å². The first-order valence-electron chi connectivity index (χ1n) is 5.34. The molecular weight excluding hydrogens is 301 g/mol. The van der Waals surface area contributed by atoms with Gasteiger partial charge < -0.3 is 5.32 Å². The number of nitrogens with one attached hydrogen (secondary N) is 1. The first-order valence-corrected chi connectivity index (χ1v) is 6.95. The van der Waals surface area contributed by atoms with Crippen LogP contribution in [0.15, 0.2) is 34.1 Å². The van der Waals surface area contributed by atoms with Crippen LogP contribution in [0.3, 0.4) is 0 Å². The topological polar surface area (TPSA) is 12.0 Å². The van der Waals surface area contributed by atoms with Crippen LogP contribution in [0.5, 0.6) is 0 Å². The molecule has 0 aliphatic carbocycles. The number of aryl methyl sites for hydroxylation is 1. The molecule has 1 unspecified atom stereocenters. The Bertz CT molecular complexity index is 524. The largest absolute Gasteiger partial charge is 0.378 e. The van der Waals surface area contributed by atoms with Gasteiger partial charge in [-0.1, -0.05) is 0 Å². The van der Waals surface area contributed by atoms with Gasteiger partial charge in [0.15, 0.2) is 0 Å². The van der Waals surface area contributed by atoms with Crippen molar-refractivity contribution in [2.24, 2.45) is 0 Å². The van der Waals surface area contributed by atoms with E-state index in [0.717, 1.165) is 9.47 Å². The first kappa shape index (κ1) is 12.6. The van der Waals surface area contributed by atoms with E-state index in [1.165, 1.54) is 10.9 Å². The maximum atomic E-state index is 13.1. The number of anilines is 1. The van der Waals surface area contributed by atoms with Gasteiger partial charge >= 0.3 is 0 Å². The Kier molecular flexibility index (Phi) is 3.84. The maximum absolute atomic E-state index is 13.1. The Labute approximate surface area is 113 Å². The smallest absolute Gasteiger partial charge is 0.126 e. The normalized spacial score (nSPS) is 12.5. The third kappa shape index (κ3) is 3.07. The van der Waals surface area contributed by atoms with Gasteiger partial charge in [0.05, 0.1) is 9.83 Å². The zero-order valence-corrected chi connectivity index (χ0v) is 12.0. The lowest BCUT2D eigenvalue weighted by Gasteiger charge is -2.14. The molecule has 4 heteroatoms. The molecule has 2 aromatic rings. The Balaban J connectivity index is 2.12. The third-order valence-corrected chi connectivity index (χ3v) is 4.37. The second-order valence-electron chi connectivity index (χ2n) is 3.97. The molecule has 1 nitrogen and oxygen atoms in total. The van der Waals surface area contributed by atoms with Crippen LogP contribution in [-0.2, 0) is 0 Å². The average molecular weight is 314 g/mol. The van der Waals surface area contributed by atoms with Gasteiger partial charge in [0, 0.05) is 10.6 Å². The van der Waals surface area contributed by atoms with Crippen LogP contribution < -0.4 is 5.32 Å². The molecule has 0 saturated carbocycles. The molecule has 0 aliphatic heterocycles. The predicted molar refractivity (Wildman–Crippen MR) is 75.2 cm³/mol. The van der Waals surface area contributed by atoms with Gasteiger partial charge in [0.1, 0.15) is 5.82 Å². The van der Waals surface area contributed by atoms with Gasteiger partial charge in [0.25, 0.3) is 0 Å². The molecule has 1 heterocycles. The van der Waals surface area contributed by atoms with Crippen LogP contribution >= 0.6 is 27.3 Å². The maximum Gasteiger partial charge on any atom is 0.126 e. The lowest BCUT2D eigenvalue weighted by Crippen LogP contribution is -2.05. The molecule has 0 bridgehead atoms. The van der Waals surface area contributed by atoms with E-state index in [-0.39, 0.29) is 11.9 Å². The van der Waals surface area contributed by atoms with Crippen molar-refractivity contribution < 1.29 is 4.39 Å². The second-order valence-corrected chi connectivity index (χ2v) is 6.47. The van der Waals surface area contributed by atoms with Crippen molar-refractivity contribution in [1.82, 2.24) is 0 Å². The number of benzene rings is 1. The fourth-order valence-corrected chi connectivity index (χ4v) is 3.04. The Morgan fingerprint density at radius 2 is 2.06 bits per heavy atom. The van der Waals surface area contributed by atoms with E-state index in [1.807, 2.05) is 12.1 Å². The minimum atomic E-state index is -0.165. The zero-order valence-electron chi connectivity index (χ0n) is 9.63. The van der Waals surface area contributed by atoms with Crippen molar-refractivity contribution in [3.8, 4) is 0 Å². The molecule has 0 radical (unpaired) electrons. The number of hydrogen-bond donors (Lipinski definition) is 1. The molecule has 0 aliphatic rings. The van der Waals surface area contributed by atoms with E-state index in [1.54, 1.807) is 24.3 Å². The van der Waals surface area contributed by atoms with Crippen molar-refractivity contribution in [2.45, 2.75) is 19.9 Å². The first-order chi connectivity index (χ1) is 8.06. The van der Waals surface area contributed by atoms with Crippen LogP contribution in [0, 0.1) is 12.7 Å². The standard InChI is InChI=1S/C13H13BrFNS/c1-8-7-10(3-4-11(8)15)16-9(2)12-5-6-13(14)17-12/h3-7,9,16H,1-2H3. The van der Waals surface area contributed by atoms with E-state index in [0.29, 0.717) is 5.56 Å². The number of hydrogen-bond acceptors (Lipinski definition) is 2. The SMILES string of the molecule is Cc1cc(NC(C)c2ccc(Br)s2)ccc1F. The molecule has 0 amide bonds. The highest BCUT2D eigenvalue weighted by Gasteiger charge is 2.08. The number of thiophene rings is 1. The summed E-state index contributed by atoms with van der Waals surface area (Å²) in [5, 5.41) is 3.36. The quantitative estimate of drug-likeness (QED) is 0.828. The van der Waals surface area contributed by atoms with E-state index in [4.69, 9.17) is 0 Å². The summed E-state index contributed by atoms with van der Waals surface area (Å²) >= 11 is 5.15. The molecule has 1 N–H and O–H groups in total. The summed E-state index contributed by atoms with van der Waals surface area (Å²) in [6.45, 7) is 3.86. The van der Waals surface area contributed by atoms with Crippen molar-refractivity contribution in [3.63, 3.8) is 0 Å². The number of rotatable bonds is 3. The minimum Gasteiger partial charge on any atom is -0.378 e. The van der Waals surface area contributed by atoms with Crippen molar-refractivity contribution in [3.05, 3.63) is 50.4 Å². The summed E-state index contributed by atoms with van der Waals surface area (Å²) in [6.07, 6.45) is 0. The molecule has 90 valence electrons. The lowest BCUT2D eigenvalue weighted by atomic mass is 10.2.